The Labute approximate surface area is 115 Å². The second kappa shape index (κ2) is 4.47. The zero-order valence-corrected chi connectivity index (χ0v) is 11.0. The fourth-order valence-corrected chi connectivity index (χ4v) is 3.03. The molecule has 0 bridgehead atoms. The lowest BCUT2D eigenvalue weighted by molar-refractivity contribution is -0.128. The maximum atomic E-state index is 13.4. The molecular formula is C14H16FN3O2. The molecule has 2 aliphatic rings. The van der Waals surface area contributed by atoms with E-state index in [0.717, 1.165) is 12.0 Å². The summed E-state index contributed by atoms with van der Waals surface area (Å²) in [7, 11) is 0. The van der Waals surface area contributed by atoms with Crippen molar-refractivity contribution in [3.8, 4) is 0 Å². The van der Waals surface area contributed by atoms with Crippen molar-refractivity contribution >= 4 is 17.4 Å². The van der Waals surface area contributed by atoms with E-state index in [1.54, 1.807) is 11.0 Å². The average Bonchev–Trinajstić information content (AvgIpc) is 2.79. The summed E-state index contributed by atoms with van der Waals surface area (Å²) in [6, 6.07) is 4.48. The van der Waals surface area contributed by atoms with Crippen molar-refractivity contribution in [2.45, 2.75) is 25.7 Å². The molecule has 6 heteroatoms. The first-order chi connectivity index (χ1) is 9.58. The molecule has 106 valence electrons. The predicted molar refractivity (Wildman–Crippen MR) is 72.1 cm³/mol. The van der Waals surface area contributed by atoms with Crippen LogP contribution >= 0.6 is 0 Å². The van der Waals surface area contributed by atoms with Crippen LogP contribution in [-0.4, -0.2) is 23.5 Å². The molecule has 3 N–H and O–H groups in total. The standard InChI is InChI=1S/C14H16FN3O2/c15-10-3-2-9-4-7-18(11(9)8-10)13(19)14(5-1-6-14)12(16)17-20/h2-3,8,20H,1,4-7H2,(H2,16,17). The number of hydrogen-bond donors (Lipinski definition) is 2. The van der Waals surface area contributed by atoms with Gasteiger partial charge in [-0.3, -0.25) is 4.79 Å². The maximum Gasteiger partial charge on any atom is 0.240 e. The maximum absolute atomic E-state index is 13.4. The van der Waals surface area contributed by atoms with E-state index in [-0.39, 0.29) is 17.6 Å². The van der Waals surface area contributed by atoms with Crippen LogP contribution < -0.4 is 10.6 Å². The number of carbonyl (C=O) groups is 1. The third-order valence-corrected chi connectivity index (χ3v) is 4.40. The lowest BCUT2D eigenvalue weighted by Gasteiger charge is -2.41. The second-order valence-electron chi connectivity index (χ2n) is 5.40. The van der Waals surface area contributed by atoms with Crippen LogP contribution in [0.15, 0.2) is 23.4 Å². The SMILES string of the molecule is N/C(=N/O)C1(C(=O)N2CCc3ccc(F)cc32)CCC1. The van der Waals surface area contributed by atoms with Gasteiger partial charge in [-0.15, -0.1) is 0 Å². The Morgan fingerprint density at radius 2 is 2.20 bits per heavy atom. The molecular weight excluding hydrogens is 261 g/mol. The zero-order chi connectivity index (χ0) is 14.3. The molecule has 3 rings (SSSR count). The largest absolute Gasteiger partial charge is 0.409 e. The number of nitrogens with zero attached hydrogens (tertiary/aromatic N) is 2. The van der Waals surface area contributed by atoms with Crippen molar-refractivity contribution in [3.05, 3.63) is 29.6 Å². The van der Waals surface area contributed by atoms with Crippen LogP contribution in [0.3, 0.4) is 0 Å². The van der Waals surface area contributed by atoms with Gasteiger partial charge in [0.25, 0.3) is 0 Å². The normalized spacial score (nSPS) is 20.4. The summed E-state index contributed by atoms with van der Waals surface area (Å²) in [6.07, 6.45) is 2.71. The highest BCUT2D eigenvalue weighted by Crippen LogP contribution is 2.45. The topological polar surface area (TPSA) is 78.9 Å². The van der Waals surface area contributed by atoms with Crippen LogP contribution in [0.1, 0.15) is 24.8 Å². The van der Waals surface area contributed by atoms with E-state index < -0.39 is 5.41 Å². The summed E-state index contributed by atoms with van der Waals surface area (Å²) in [5, 5.41) is 11.9. The van der Waals surface area contributed by atoms with Crippen molar-refractivity contribution < 1.29 is 14.4 Å². The first-order valence-electron chi connectivity index (χ1n) is 6.67. The quantitative estimate of drug-likeness (QED) is 0.373. The Morgan fingerprint density at radius 3 is 2.80 bits per heavy atom. The number of amides is 1. The number of hydrogen-bond acceptors (Lipinski definition) is 3. The van der Waals surface area contributed by atoms with E-state index >= 15 is 0 Å². The van der Waals surface area contributed by atoms with Gasteiger partial charge < -0.3 is 15.8 Å². The molecule has 0 saturated heterocycles. The number of nitrogens with two attached hydrogens (primary N) is 1. The van der Waals surface area contributed by atoms with Crippen LogP contribution in [0.25, 0.3) is 0 Å². The Kier molecular flexibility index (Phi) is 2.88. The minimum Gasteiger partial charge on any atom is -0.409 e. The van der Waals surface area contributed by atoms with Crippen LogP contribution in [0.5, 0.6) is 0 Å². The molecule has 20 heavy (non-hydrogen) atoms. The minimum absolute atomic E-state index is 0.0430. The first kappa shape index (κ1) is 12.9. The Morgan fingerprint density at radius 1 is 1.45 bits per heavy atom. The highest BCUT2D eigenvalue weighted by Gasteiger charge is 2.51. The van der Waals surface area contributed by atoms with E-state index in [9.17, 15) is 9.18 Å². The Balaban J connectivity index is 1.96. The van der Waals surface area contributed by atoms with Gasteiger partial charge in [0.1, 0.15) is 11.2 Å². The van der Waals surface area contributed by atoms with Crippen LogP contribution in [0.2, 0.25) is 0 Å². The molecule has 1 fully saturated rings. The Hall–Kier alpha value is -2.11. The van der Waals surface area contributed by atoms with Gasteiger partial charge in [-0.2, -0.15) is 0 Å². The molecule has 0 atom stereocenters. The van der Waals surface area contributed by atoms with Crippen LogP contribution in [0.4, 0.5) is 10.1 Å². The van der Waals surface area contributed by atoms with Crippen molar-refractivity contribution in [3.63, 3.8) is 0 Å². The van der Waals surface area contributed by atoms with Crippen molar-refractivity contribution in [2.75, 3.05) is 11.4 Å². The summed E-state index contributed by atoms with van der Waals surface area (Å²) in [5.74, 6) is -0.600. The van der Waals surface area contributed by atoms with Crippen LogP contribution in [-0.2, 0) is 11.2 Å². The summed E-state index contributed by atoms with van der Waals surface area (Å²) in [4.78, 5) is 14.3. The minimum atomic E-state index is -0.914. The highest BCUT2D eigenvalue weighted by atomic mass is 19.1. The Bertz CT molecular complexity index is 596. The molecule has 1 heterocycles. The second-order valence-corrected chi connectivity index (χ2v) is 5.40. The van der Waals surface area contributed by atoms with Gasteiger partial charge in [-0.05, 0) is 37.0 Å². The van der Waals surface area contributed by atoms with Crippen LogP contribution in [0, 0.1) is 11.2 Å². The van der Waals surface area contributed by atoms with Crippen molar-refractivity contribution in [1.29, 1.82) is 0 Å². The van der Waals surface area contributed by atoms with Gasteiger partial charge in [0.15, 0.2) is 5.84 Å². The number of amidine groups is 1. The van der Waals surface area contributed by atoms with E-state index in [0.29, 0.717) is 31.5 Å². The lowest BCUT2D eigenvalue weighted by atomic mass is 9.67. The number of fused-ring (bicyclic) bond motifs is 1. The number of benzene rings is 1. The molecule has 1 amide bonds. The molecule has 1 aliphatic carbocycles. The number of anilines is 1. The smallest absolute Gasteiger partial charge is 0.240 e. The zero-order valence-electron chi connectivity index (χ0n) is 11.0. The molecule has 1 saturated carbocycles. The molecule has 1 aromatic rings. The summed E-state index contributed by atoms with van der Waals surface area (Å²) in [6.45, 7) is 0.512. The number of halogens is 1. The van der Waals surface area contributed by atoms with E-state index in [4.69, 9.17) is 10.9 Å². The number of carbonyl (C=O) groups excluding carboxylic acids is 1. The summed E-state index contributed by atoms with van der Waals surface area (Å²) in [5.41, 5.74) is 6.35. The number of rotatable bonds is 2. The van der Waals surface area contributed by atoms with Gasteiger partial charge >= 0.3 is 0 Å². The lowest BCUT2D eigenvalue weighted by Crippen LogP contribution is -2.55. The molecule has 0 unspecified atom stereocenters. The van der Waals surface area contributed by atoms with E-state index in [1.807, 2.05) is 0 Å². The van der Waals surface area contributed by atoms with Gasteiger partial charge in [-0.1, -0.05) is 17.6 Å². The van der Waals surface area contributed by atoms with Gasteiger partial charge in [0.2, 0.25) is 5.91 Å². The van der Waals surface area contributed by atoms with Gasteiger partial charge in [-0.25, -0.2) is 4.39 Å². The molecule has 5 nitrogen and oxygen atoms in total. The molecule has 0 spiro atoms. The van der Waals surface area contributed by atoms with Crippen molar-refractivity contribution in [1.82, 2.24) is 0 Å². The monoisotopic (exact) mass is 277 g/mol. The molecule has 0 aromatic heterocycles. The fourth-order valence-electron chi connectivity index (χ4n) is 3.03. The molecule has 0 radical (unpaired) electrons. The van der Waals surface area contributed by atoms with E-state index in [1.165, 1.54) is 12.1 Å². The highest BCUT2D eigenvalue weighted by molar-refractivity contribution is 6.14. The third-order valence-electron chi connectivity index (χ3n) is 4.40. The van der Waals surface area contributed by atoms with Gasteiger partial charge in [0.05, 0.1) is 0 Å². The third kappa shape index (κ3) is 1.67. The fraction of sp³-hybridized carbons (Fsp3) is 0.429. The average molecular weight is 277 g/mol. The molecule has 1 aliphatic heterocycles. The number of oxime groups is 1. The summed E-state index contributed by atoms with van der Waals surface area (Å²) >= 11 is 0. The predicted octanol–water partition coefficient (Wildman–Crippen LogP) is 1.63. The van der Waals surface area contributed by atoms with Crippen molar-refractivity contribution in [2.24, 2.45) is 16.3 Å². The molecule has 1 aromatic carbocycles. The first-order valence-corrected chi connectivity index (χ1v) is 6.67. The summed E-state index contributed by atoms with van der Waals surface area (Å²) < 4.78 is 13.4. The van der Waals surface area contributed by atoms with E-state index in [2.05, 4.69) is 5.16 Å². The van der Waals surface area contributed by atoms with Gasteiger partial charge in [0, 0.05) is 12.2 Å².